The van der Waals surface area contributed by atoms with Crippen LogP contribution in [0.2, 0.25) is 5.02 Å². The minimum absolute atomic E-state index is 0.120. The first-order chi connectivity index (χ1) is 11.9. The van der Waals surface area contributed by atoms with E-state index in [9.17, 15) is 4.79 Å². The van der Waals surface area contributed by atoms with Gasteiger partial charge in [-0.2, -0.15) is 0 Å². The standard InChI is InChI=1S/C16H12Br2ClN3OS2/c1-7-8(2)25-16-13(7)15(20-6-21-16)24-5-12(23)22-14-10(17)3-9(19)4-11(14)18/h3-4,6H,5H2,1-2H3,(H,22,23). The van der Waals surface area contributed by atoms with Crippen LogP contribution in [0.1, 0.15) is 10.4 Å². The lowest BCUT2D eigenvalue weighted by Crippen LogP contribution is -2.15. The number of thiophene rings is 1. The van der Waals surface area contributed by atoms with Gasteiger partial charge in [0.15, 0.2) is 0 Å². The maximum absolute atomic E-state index is 12.4. The number of hydrogen-bond acceptors (Lipinski definition) is 5. The summed E-state index contributed by atoms with van der Waals surface area (Å²) in [6, 6.07) is 3.47. The number of carbonyl (C=O) groups excluding carboxylic acids is 1. The number of halogens is 3. The third kappa shape index (κ3) is 4.19. The van der Waals surface area contributed by atoms with Gasteiger partial charge in [-0.15, -0.1) is 11.3 Å². The fraction of sp³-hybridized carbons (Fsp3) is 0.188. The van der Waals surface area contributed by atoms with Gasteiger partial charge in [0.1, 0.15) is 16.2 Å². The highest BCUT2D eigenvalue weighted by atomic mass is 79.9. The molecule has 3 aromatic rings. The number of aromatic nitrogens is 2. The minimum Gasteiger partial charge on any atom is -0.323 e. The Hall–Kier alpha value is -0.670. The summed E-state index contributed by atoms with van der Waals surface area (Å²) in [6.07, 6.45) is 1.55. The first-order valence-electron chi connectivity index (χ1n) is 7.14. The molecule has 2 aromatic heterocycles. The molecule has 25 heavy (non-hydrogen) atoms. The SMILES string of the molecule is Cc1sc2ncnc(SCC(=O)Nc3c(Br)cc(Cl)cc3Br)c2c1C. The number of amides is 1. The highest BCUT2D eigenvalue weighted by Gasteiger charge is 2.15. The summed E-state index contributed by atoms with van der Waals surface area (Å²) >= 11 is 15.9. The summed E-state index contributed by atoms with van der Waals surface area (Å²) in [5.41, 5.74) is 1.83. The average Bonchev–Trinajstić information content (AvgIpc) is 2.84. The molecule has 1 amide bonds. The highest BCUT2D eigenvalue weighted by molar-refractivity contribution is 9.11. The molecule has 0 fully saturated rings. The molecule has 0 radical (unpaired) electrons. The first kappa shape index (κ1) is 19.1. The van der Waals surface area contributed by atoms with Gasteiger partial charge < -0.3 is 5.32 Å². The van der Waals surface area contributed by atoms with Gasteiger partial charge in [0.2, 0.25) is 5.91 Å². The van der Waals surface area contributed by atoms with Crippen molar-refractivity contribution in [1.29, 1.82) is 0 Å². The number of thioether (sulfide) groups is 1. The van der Waals surface area contributed by atoms with Gasteiger partial charge in [0, 0.05) is 24.2 Å². The van der Waals surface area contributed by atoms with E-state index in [1.807, 2.05) is 0 Å². The molecule has 0 bridgehead atoms. The van der Waals surface area contributed by atoms with Crippen molar-refractivity contribution in [2.24, 2.45) is 0 Å². The predicted octanol–water partition coefficient (Wildman–Crippen LogP) is 6.22. The number of nitrogens with zero attached hydrogens (tertiary/aromatic N) is 2. The zero-order valence-electron chi connectivity index (χ0n) is 13.2. The summed E-state index contributed by atoms with van der Waals surface area (Å²) in [4.78, 5) is 23.2. The smallest absolute Gasteiger partial charge is 0.234 e. The normalized spacial score (nSPS) is 11.1. The molecule has 0 aliphatic rings. The summed E-state index contributed by atoms with van der Waals surface area (Å²) < 4.78 is 1.44. The van der Waals surface area contributed by atoms with Crippen LogP contribution in [0.4, 0.5) is 5.69 Å². The molecule has 9 heteroatoms. The van der Waals surface area contributed by atoms with Crippen LogP contribution in [-0.4, -0.2) is 21.6 Å². The number of carbonyl (C=O) groups is 1. The molecular formula is C16H12Br2ClN3OS2. The minimum atomic E-state index is -0.120. The van der Waals surface area contributed by atoms with Crippen molar-refractivity contribution in [3.05, 3.63) is 42.9 Å². The highest BCUT2D eigenvalue weighted by Crippen LogP contribution is 2.36. The van der Waals surface area contributed by atoms with Crippen molar-refractivity contribution in [2.75, 3.05) is 11.1 Å². The average molecular weight is 522 g/mol. The summed E-state index contributed by atoms with van der Waals surface area (Å²) in [7, 11) is 0. The third-order valence-corrected chi connectivity index (χ3v) is 7.12. The van der Waals surface area contributed by atoms with Crippen LogP contribution in [0, 0.1) is 13.8 Å². The Kier molecular flexibility index (Phi) is 6.05. The van der Waals surface area contributed by atoms with Crippen molar-refractivity contribution < 1.29 is 4.79 Å². The van der Waals surface area contributed by atoms with Gasteiger partial charge in [-0.1, -0.05) is 23.4 Å². The molecule has 0 saturated carbocycles. The van der Waals surface area contributed by atoms with Crippen molar-refractivity contribution in [1.82, 2.24) is 9.97 Å². The molecule has 1 aromatic carbocycles. The number of benzene rings is 1. The van der Waals surface area contributed by atoms with E-state index >= 15 is 0 Å². The van der Waals surface area contributed by atoms with Crippen LogP contribution in [-0.2, 0) is 4.79 Å². The monoisotopic (exact) mass is 519 g/mol. The second kappa shape index (κ2) is 7.92. The van der Waals surface area contributed by atoms with Gasteiger partial charge in [-0.05, 0) is 63.4 Å². The summed E-state index contributed by atoms with van der Waals surface area (Å²) in [5, 5.41) is 5.34. The Morgan fingerprint density at radius 2 is 1.96 bits per heavy atom. The van der Waals surface area contributed by atoms with Gasteiger partial charge >= 0.3 is 0 Å². The molecule has 0 atom stereocenters. The Morgan fingerprint density at radius 3 is 2.64 bits per heavy atom. The lowest BCUT2D eigenvalue weighted by Gasteiger charge is -2.10. The number of anilines is 1. The van der Waals surface area contributed by atoms with Crippen molar-refractivity contribution in [3.63, 3.8) is 0 Å². The van der Waals surface area contributed by atoms with E-state index in [1.54, 1.807) is 29.8 Å². The van der Waals surface area contributed by atoms with E-state index in [0.717, 1.165) is 24.2 Å². The molecule has 3 rings (SSSR count). The Bertz CT molecular complexity index is 954. The fourth-order valence-corrected chi connectivity index (χ4v) is 6.01. The number of aryl methyl sites for hydroxylation is 2. The van der Waals surface area contributed by atoms with Crippen LogP contribution in [0.25, 0.3) is 10.2 Å². The molecule has 4 nitrogen and oxygen atoms in total. The molecule has 0 unspecified atom stereocenters. The van der Waals surface area contributed by atoms with Gasteiger partial charge in [-0.3, -0.25) is 4.79 Å². The third-order valence-electron chi connectivity index (χ3n) is 3.54. The predicted molar refractivity (Wildman–Crippen MR) is 113 cm³/mol. The number of rotatable bonds is 4. The fourth-order valence-electron chi connectivity index (χ4n) is 2.23. The van der Waals surface area contributed by atoms with Crippen molar-refractivity contribution in [2.45, 2.75) is 18.9 Å². The molecule has 1 N–H and O–H groups in total. The molecule has 130 valence electrons. The maximum Gasteiger partial charge on any atom is 0.234 e. The zero-order chi connectivity index (χ0) is 18.1. The molecule has 0 aliphatic carbocycles. The van der Waals surface area contributed by atoms with Crippen LogP contribution < -0.4 is 5.32 Å². The summed E-state index contributed by atoms with van der Waals surface area (Å²) in [6.45, 7) is 4.13. The number of hydrogen-bond donors (Lipinski definition) is 1. The Labute approximate surface area is 175 Å². The van der Waals surface area contributed by atoms with E-state index < -0.39 is 0 Å². The second-order valence-electron chi connectivity index (χ2n) is 5.22. The number of fused-ring (bicyclic) bond motifs is 1. The molecule has 0 saturated heterocycles. The molecular weight excluding hydrogens is 510 g/mol. The van der Waals surface area contributed by atoms with E-state index in [-0.39, 0.29) is 11.7 Å². The molecule has 0 spiro atoms. The quantitative estimate of drug-likeness (QED) is 0.327. The number of nitrogens with one attached hydrogen (secondary N) is 1. The van der Waals surface area contributed by atoms with Crippen LogP contribution >= 0.6 is 66.6 Å². The van der Waals surface area contributed by atoms with Crippen LogP contribution in [0.3, 0.4) is 0 Å². The lowest BCUT2D eigenvalue weighted by atomic mass is 10.2. The van der Waals surface area contributed by atoms with Gasteiger partial charge in [-0.25, -0.2) is 9.97 Å². The van der Waals surface area contributed by atoms with Crippen LogP contribution in [0.15, 0.2) is 32.4 Å². The van der Waals surface area contributed by atoms with Gasteiger partial charge in [0.25, 0.3) is 0 Å². The lowest BCUT2D eigenvalue weighted by molar-refractivity contribution is -0.113. The van der Waals surface area contributed by atoms with E-state index in [1.165, 1.54) is 22.2 Å². The largest absolute Gasteiger partial charge is 0.323 e. The second-order valence-corrected chi connectivity index (χ2v) is 9.54. The van der Waals surface area contributed by atoms with E-state index in [0.29, 0.717) is 10.7 Å². The van der Waals surface area contributed by atoms with Crippen molar-refractivity contribution >= 4 is 88.4 Å². The maximum atomic E-state index is 12.4. The summed E-state index contributed by atoms with van der Waals surface area (Å²) in [5.74, 6) is 0.132. The Morgan fingerprint density at radius 1 is 1.28 bits per heavy atom. The van der Waals surface area contributed by atoms with Crippen LogP contribution in [0.5, 0.6) is 0 Å². The van der Waals surface area contributed by atoms with Gasteiger partial charge in [0.05, 0.1) is 11.4 Å². The van der Waals surface area contributed by atoms with E-state index in [4.69, 9.17) is 11.6 Å². The topological polar surface area (TPSA) is 54.9 Å². The zero-order valence-corrected chi connectivity index (χ0v) is 18.8. The molecule has 0 aliphatic heterocycles. The Balaban J connectivity index is 1.76. The van der Waals surface area contributed by atoms with E-state index in [2.05, 4.69) is 61.0 Å². The first-order valence-corrected chi connectivity index (χ1v) is 10.9. The molecule has 2 heterocycles. The van der Waals surface area contributed by atoms with Crippen molar-refractivity contribution in [3.8, 4) is 0 Å².